The fourth-order valence-electron chi connectivity index (χ4n) is 5.03. The molecule has 1 unspecified atom stereocenters. The third-order valence-electron chi connectivity index (χ3n) is 7.50. The molecule has 43 heavy (non-hydrogen) atoms. The molecule has 1 aliphatic carbocycles. The highest BCUT2D eigenvalue weighted by Crippen LogP contribution is 2.32. The van der Waals surface area contributed by atoms with E-state index in [-0.39, 0.29) is 34.5 Å². The molecule has 230 valence electrons. The molecule has 1 atom stereocenters. The van der Waals surface area contributed by atoms with E-state index in [1.165, 1.54) is 69.7 Å². The van der Waals surface area contributed by atoms with E-state index in [0.717, 1.165) is 47.0 Å². The number of anilines is 1. The molecule has 0 bridgehead atoms. The molecular weight excluding hydrogens is 580 g/mol. The van der Waals surface area contributed by atoms with Crippen molar-refractivity contribution in [2.75, 3.05) is 25.1 Å². The summed E-state index contributed by atoms with van der Waals surface area (Å²) in [4.78, 5) is 28.2. The van der Waals surface area contributed by atoms with Gasteiger partial charge in [-0.15, -0.1) is 0 Å². The Kier molecular flexibility index (Phi) is 10.2. The Bertz CT molecular complexity index is 1550. The van der Waals surface area contributed by atoms with Crippen LogP contribution in [0, 0.1) is 11.6 Å². The van der Waals surface area contributed by atoms with E-state index in [1.54, 1.807) is 6.07 Å². The van der Waals surface area contributed by atoms with Crippen molar-refractivity contribution in [2.24, 2.45) is 0 Å². The Labute approximate surface area is 250 Å². The van der Waals surface area contributed by atoms with Crippen LogP contribution in [0.5, 0.6) is 11.5 Å². The molecule has 0 heterocycles. The summed E-state index contributed by atoms with van der Waals surface area (Å²) in [6, 6.07) is 13.4. The number of sulfonamides is 1. The molecule has 0 aromatic heterocycles. The molecular formula is C31H35F2N3O6S. The van der Waals surface area contributed by atoms with E-state index in [0.29, 0.717) is 5.75 Å². The molecule has 1 N–H and O–H groups in total. The van der Waals surface area contributed by atoms with Gasteiger partial charge < -0.3 is 19.7 Å². The van der Waals surface area contributed by atoms with Crippen molar-refractivity contribution in [3.8, 4) is 11.5 Å². The van der Waals surface area contributed by atoms with E-state index in [2.05, 4.69) is 5.32 Å². The number of rotatable bonds is 12. The van der Waals surface area contributed by atoms with Gasteiger partial charge in [0.2, 0.25) is 11.8 Å². The summed E-state index contributed by atoms with van der Waals surface area (Å²) in [5.74, 6) is -1.91. The maximum Gasteiger partial charge on any atom is 0.264 e. The smallest absolute Gasteiger partial charge is 0.264 e. The zero-order chi connectivity index (χ0) is 31.1. The van der Waals surface area contributed by atoms with Gasteiger partial charge in [0.15, 0.2) is 11.5 Å². The van der Waals surface area contributed by atoms with Gasteiger partial charge >= 0.3 is 0 Å². The van der Waals surface area contributed by atoms with Crippen molar-refractivity contribution in [2.45, 2.75) is 56.1 Å². The Hall–Kier alpha value is -4.19. The minimum absolute atomic E-state index is 0.0124. The summed E-state index contributed by atoms with van der Waals surface area (Å²) in [5.41, 5.74) is 0.172. The molecule has 0 radical (unpaired) electrons. The monoisotopic (exact) mass is 615 g/mol. The molecule has 4 rings (SSSR count). The average molecular weight is 616 g/mol. The summed E-state index contributed by atoms with van der Waals surface area (Å²) in [6.07, 6.45) is 3.61. The number of amides is 2. The fourth-order valence-corrected chi connectivity index (χ4v) is 6.46. The first kappa shape index (κ1) is 31.7. The lowest BCUT2D eigenvalue weighted by atomic mass is 10.1. The summed E-state index contributed by atoms with van der Waals surface area (Å²) >= 11 is 0. The van der Waals surface area contributed by atoms with Crippen molar-refractivity contribution in [1.82, 2.24) is 10.2 Å². The molecule has 0 aliphatic heterocycles. The lowest BCUT2D eigenvalue weighted by molar-refractivity contribution is -0.139. The highest BCUT2D eigenvalue weighted by Gasteiger charge is 2.34. The first-order chi connectivity index (χ1) is 20.5. The first-order valence-corrected chi connectivity index (χ1v) is 15.3. The van der Waals surface area contributed by atoms with Crippen LogP contribution in [-0.4, -0.2) is 58.0 Å². The number of nitrogens with one attached hydrogen (secondary N) is 1. The topological polar surface area (TPSA) is 105 Å². The number of carbonyl (C=O) groups excluding carboxylic acids is 2. The number of hydrogen-bond donors (Lipinski definition) is 1. The van der Waals surface area contributed by atoms with Crippen LogP contribution in [0.1, 0.15) is 38.2 Å². The van der Waals surface area contributed by atoms with Crippen LogP contribution < -0.4 is 19.1 Å². The summed E-state index contributed by atoms with van der Waals surface area (Å²) in [7, 11) is -1.68. The predicted molar refractivity (Wildman–Crippen MR) is 157 cm³/mol. The van der Waals surface area contributed by atoms with Crippen LogP contribution in [-0.2, 0) is 26.2 Å². The van der Waals surface area contributed by atoms with Gasteiger partial charge in [-0.1, -0.05) is 31.0 Å². The van der Waals surface area contributed by atoms with Gasteiger partial charge in [-0.3, -0.25) is 13.9 Å². The lowest BCUT2D eigenvalue weighted by Gasteiger charge is -2.32. The van der Waals surface area contributed by atoms with Crippen LogP contribution in [0.25, 0.3) is 0 Å². The van der Waals surface area contributed by atoms with Crippen LogP contribution in [0.3, 0.4) is 0 Å². The molecule has 0 saturated heterocycles. The van der Waals surface area contributed by atoms with Crippen LogP contribution in [0.2, 0.25) is 0 Å². The van der Waals surface area contributed by atoms with Gasteiger partial charge in [0.05, 0.1) is 24.8 Å². The number of halogens is 2. The Morgan fingerprint density at radius 2 is 1.60 bits per heavy atom. The fraction of sp³-hybridized carbons (Fsp3) is 0.355. The maximum atomic E-state index is 14.7. The van der Waals surface area contributed by atoms with Gasteiger partial charge in [-0.05, 0) is 62.2 Å². The van der Waals surface area contributed by atoms with E-state index in [4.69, 9.17) is 9.47 Å². The Morgan fingerprint density at radius 3 is 2.23 bits per heavy atom. The predicted octanol–water partition coefficient (Wildman–Crippen LogP) is 4.65. The van der Waals surface area contributed by atoms with Crippen LogP contribution in [0.4, 0.5) is 14.5 Å². The van der Waals surface area contributed by atoms with Gasteiger partial charge in [0.1, 0.15) is 24.2 Å². The summed E-state index contributed by atoms with van der Waals surface area (Å²) in [5, 5.41) is 2.96. The normalized spacial score (nSPS) is 14.2. The summed E-state index contributed by atoms with van der Waals surface area (Å²) < 4.78 is 67.9. The number of nitrogens with zero attached hydrogens (tertiary/aromatic N) is 2. The van der Waals surface area contributed by atoms with Gasteiger partial charge in [0, 0.05) is 24.2 Å². The largest absolute Gasteiger partial charge is 0.493 e. The van der Waals surface area contributed by atoms with Crippen molar-refractivity contribution < 1.29 is 36.3 Å². The van der Waals surface area contributed by atoms with E-state index < -0.39 is 46.1 Å². The SMILES string of the molecule is COc1ccc(S(=O)(=O)N(CC(=O)N(Cc2ccccc2F)C(C)C(=O)NC2CCCC2)c2ccc(F)cc2)cc1OC. The highest BCUT2D eigenvalue weighted by atomic mass is 32.2. The lowest BCUT2D eigenvalue weighted by Crippen LogP contribution is -2.52. The van der Waals surface area contributed by atoms with Gasteiger partial charge in [0.25, 0.3) is 10.0 Å². The molecule has 3 aromatic carbocycles. The molecule has 9 nitrogen and oxygen atoms in total. The van der Waals surface area contributed by atoms with Crippen LogP contribution in [0.15, 0.2) is 71.6 Å². The number of ether oxygens (including phenoxy) is 2. The van der Waals surface area contributed by atoms with Crippen molar-refractivity contribution in [3.05, 3.63) is 83.9 Å². The standard InChI is InChI=1S/C31H35F2N3O6S/c1-21(31(38)34-24-9-5-6-10-24)35(19-22-8-4-7-11-27(22)33)30(37)20-36(25-14-12-23(32)13-15-25)43(39,40)26-16-17-28(41-2)29(18-26)42-3/h4,7-8,11-18,21,24H,5-6,9-10,19-20H2,1-3H3,(H,34,38). The number of hydrogen-bond acceptors (Lipinski definition) is 6. The molecule has 0 spiro atoms. The molecule has 3 aromatic rings. The minimum atomic E-state index is -4.45. The average Bonchev–Trinajstić information content (AvgIpc) is 3.52. The third-order valence-corrected chi connectivity index (χ3v) is 9.27. The van der Waals surface area contributed by atoms with Crippen LogP contribution >= 0.6 is 0 Å². The third kappa shape index (κ3) is 7.42. The van der Waals surface area contributed by atoms with Crippen molar-refractivity contribution in [1.29, 1.82) is 0 Å². The highest BCUT2D eigenvalue weighted by molar-refractivity contribution is 7.92. The van der Waals surface area contributed by atoms with E-state index in [1.807, 2.05) is 0 Å². The number of benzene rings is 3. The molecule has 1 saturated carbocycles. The zero-order valence-corrected chi connectivity index (χ0v) is 25.1. The maximum absolute atomic E-state index is 14.7. The molecule has 2 amide bonds. The van der Waals surface area contributed by atoms with E-state index >= 15 is 0 Å². The first-order valence-electron chi connectivity index (χ1n) is 13.9. The second-order valence-electron chi connectivity index (χ2n) is 10.3. The second kappa shape index (κ2) is 13.9. The quantitative estimate of drug-likeness (QED) is 0.318. The second-order valence-corrected chi connectivity index (χ2v) is 12.1. The molecule has 1 aliphatic rings. The van der Waals surface area contributed by atoms with Gasteiger partial charge in [-0.25, -0.2) is 17.2 Å². The zero-order valence-electron chi connectivity index (χ0n) is 24.3. The summed E-state index contributed by atoms with van der Waals surface area (Å²) in [6.45, 7) is 0.490. The van der Waals surface area contributed by atoms with Crippen molar-refractivity contribution >= 4 is 27.5 Å². The van der Waals surface area contributed by atoms with E-state index in [9.17, 15) is 26.8 Å². The molecule has 1 fully saturated rings. The Morgan fingerprint density at radius 1 is 0.953 bits per heavy atom. The van der Waals surface area contributed by atoms with Crippen molar-refractivity contribution in [3.63, 3.8) is 0 Å². The molecule has 12 heteroatoms. The Balaban J connectivity index is 1.72. The minimum Gasteiger partial charge on any atom is -0.493 e. The van der Waals surface area contributed by atoms with Gasteiger partial charge in [-0.2, -0.15) is 0 Å². The number of methoxy groups -OCH3 is 2. The number of carbonyl (C=O) groups is 2.